The molecule has 37 heavy (non-hydrogen) atoms. The maximum absolute atomic E-state index is 13.3. The number of pyridine rings is 1. The summed E-state index contributed by atoms with van der Waals surface area (Å²) in [5.41, 5.74) is -1.21. The Hall–Kier alpha value is -3.09. The number of ether oxygens (including phenoxy) is 1. The molecule has 0 saturated heterocycles. The number of alkyl halides is 6. The molecule has 13 heteroatoms. The summed E-state index contributed by atoms with van der Waals surface area (Å²) in [6.45, 7) is 2.04. The summed E-state index contributed by atoms with van der Waals surface area (Å²) in [7, 11) is 1.50. The second kappa shape index (κ2) is 10.3. The van der Waals surface area contributed by atoms with E-state index in [0.29, 0.717) is 34.6 Å². The van der Waals surface area contributed by atoms with Crippen LogP contribution in [0.4, 0.5) is 38.0 Å². The quantitative estimate of drug-likeness (QED) is 0.301. The number of aromatic nitrogens is 3. The van der Waals surface area contributed by atoms with Crippen LogP contribution in [0.15, 0.2) is 41.0 Å². The van der Waals surface area contributed by atoms with E-state index >= 15 is 0 Å². The number of hydrogen-bond donors (Lipinski definition) is 2. The van der Waals surface area contributed by atoms with Gasteiger partial charge in [0.2, 0.25) is 11.8 Å². The average Bonchev–Trinajstić information content (AvgIpc) is 2.84. The summed E-state index contributed by atoms with van der Waals surface area (Å²) in [6, 6.07) is 4.92. The van der Waals surface area contributed by atoms with Crippen molar-refractivity contribution in [1.82, 2.24) is 15.0 Å². The molecule has 0 saturated carbocycles. The van der Waals surface area contributed by atoms with Crippen LogP contribution in [0.1, 0.15) is 53.9 Å². The monoisotopic (exact) mass is 589 g/mol. The van der Waals surface area contributed by atoms with Gasteiger partial charge in [0.25, 0.3) is 0 Å². The van der Waals surface area contributed by atoms with Gasteiger partial charge in [0.1, 0.15) is 0 Å². The van der Waals surface area contributed by atoms with E-state index in [0.717, 1.165) is 12.1 Å². The third-order valence-corrected chi connectivity index (χ3v) is 6.61. The Labute approximate surface area is 217 Å². The van der Waals surface area contributed by atoms with Gasteiger partial charge in [-0.3, -0.25) is 0 Å². The Balaban J connectivity index is 1.65. The number of nitrogens with one attached hydrogen (secondary N) is 2. The van der Waals surface area contributed by atoms with Gasteiger partial charge in [-0.05, 0) is 58.6 Å². The number of fused-ring (bicyclic) bond motifs is 1. The fraction of sp³-hybridized carbons (Fsp3) is 0.375. The van der Waals surface area contributed by atoms with Crippen molar-refractivity contribution in [3.05, 3.63) is 69.1 Å². The summed E-state index contributed by atoms with van der Waals surface area (Å²) in [5.74, 6) is 0.586. The van der Waals surface area contributed by atoms with Crippen molar-refractivity contribution in [2.24, 2.45) is 0 Å². The third-order valence-electron chi connectivity index (χ3n) is 5.95. The van der Waals surface area contributed by atoms with E-state index < -0.39 is 23.5 Å². The lowest BCUT2D eigenvalue weighted by Gasteiger charge is -2.32. The first-order chi connectivity index (χ1) is 17.4. The summed E-state index contributed by atoms with van der Waals surface area (Å²) in [6.07, 6.45) is -7.26. The van der Waals surface area contributed by atoms with Crippen molar-refractivity contribution >= 4 is 27.6 Å². The fourth-order valence-corrected chi connectivity index (χ4v) is 4.43. The molecule has 3 heterocycles. The van der Waals surface area contributed by atoms with Crippen molar-refractivity contribution < 1.29 is 31.1 Å². The van der Waals surface area contributed by atoms with Crippen LogP contribution in [0.25, 0.3) is 0 Å². The molecule has 6 nitrogen and oxygen atoms in total. The topological polar surface area (TPSA) is 72.0 Å². The second-order valence-electron chi connectivity index (χ2n) is 8.55. The predicted molar refractivity (Wildman–Crippen MR) is 128 cm³/mol. The van der Waals surface area contributed by atoms with Crippen molar-refractivity contribution in [3.8, 4) is 5.88 Å². The molecule has 2 N–H and O–H groups in total. The molecule has 0 radical (unpaired) electrons. The van der Waals surface area contributed by atoms with E-state index in [9.17, 15) is 26.3 Å². The lowest BCUT2D eigenvalue weighted by molar-refractivity contribution is -0.143. The first kappa shape index (κ1) is 27.0. The number of rotatable bonds is 6. The highest BCUT2D eigenvalue weighted by atomic mass is 79.9. The standard InChI is InChI=1S/C24H22BrF6N5O/c1-3-15-10-19(21-17(33-15)4-5-20(36-21)37-2)35-22-32-11-16(25)18(34-22)8-12-6-13(23(26,27)28)9-14(7-12)24(29,30)31/h4-7,9,11,15,19,33H,3,8,10H2,1-2H3,(H,32,34,35)/t15-,19+/m1/s1. The third kappa shape index (κ3) is 6.25. The van der Waals surface area contributed by atoms with Crippen LogP contribution in [0.3, 0.4) is 0 Å². The van der Waals surface area contributed by atoms with Crippen LogP contribution >= 0.6 is 15.9 Å². The average molecular weight is 590 g/mol. The zero-order valence-corrected chi connectivity index (χ0v) is 21.2. The van der Waals surface area contributed by atoms with Crippen LogP contribution in [-0.2, 0) is 18.8 Å². The molecule has 198 valence electrons. The fourth-order valence-electron chi connectivity index (χ4n) is 4.10. The molecule has 3 aromatic rings. The largest absolute Gasteiger partial charge is 0.481 e. The van der Waals surface area contributed by atoms with Crippen molar-refractivity contribution in [3.63, 3.8) is 0 Å². The highest BCUT2D eigenvalue weighted by Gasteiger charge is 2.37. The molecule has 4 rings (SSSR count). The maximum Gasteiger partial charge on any atom is 0.416 e. The number of nitrogens with zero attached hydrogens (tertiary/aromatic N) is 3. The zero-order chi connectivity index (χ0) is 27.0. The summed E-state index contributed by atoms with van der Waals surface area (Å²) in [5, 5.41) is 6.63. The molecule has 0 bridgehead atoms. The van der Waals surface area contributed by atoms with Gasteiger partial charge < -0.3 is 15.4 Å². The highest BCUT2D eigenvalue weighted by molar-refractivity contribution is 9.10. The minimum atomic E-state index is -4.93. The van der Waals surface area contributed by atoms with E-state index in [1.54, 1.807) is 6.07 Å². The molecular weight excluding hydrogens is 568 g/mol. The van der Waals surface area contributed by atoms with E-state index in [2.05, 4.69) is 41.5 Å². The van der Waals surface area contributed by atoms with Gasteiger partial charge >= 0.3 is 12.4 Å². The molecule has 2 atom stereocenters. The molecule has 1 aliphatic rings. The first-order valence-electron chi connectivity index (χ1n) is 11.2. The van der Waals surface area contributed by atoms with E-state index in [4.69, 9.17) is 4.74 Å². The molecule has 2 aromatic heterocycles. The van der Waals surface area contributed by atoms with Crippen LogP contribution < -0.4 is 15.4 Å². The number of halogens is 7. The molecule has 0 amide bonds. The SMILES string of the molecule is CC[C@@H]1C[C@H](Nc2ncc(Br)c(Cc3cc(C(F)(F)F)cc(C(F)(F)F)c3)n2)c2nc(OC)ccc2N1. The van der Waals surface area contributed by atoms with Gasteiger partial charge in [-0.2, -0.15) is 26.3 Å². The van der Waals surface area contributed by atoms with Crippen molar-refractivity contribution in [2.75, 3.05) is 17.7 Å². The Morgan fingerprint density at radius 3 is 2.32 bits per heavy atom. The molecule has 1 aromatic carbocycles. The van der Waals surface area contributed by atoms with Crippen LogP contribution in [-0.4, -0.2) is 28.1 Å². The maximum atomic E-state index is 13.3. The Morgan fingerprint density at radius 2 is 1.73 bits per heavy atom. The number of anilines is 2. The molecule has 1 aliphatic heterocycles. The molecule has 0 fully saturated rings. The predicted octanol–water partition coefficient (Wildman–Crippen LogP) is 7.02. The van der Waals surface area contributed by atoms with Gasteiger partial charge in [-0.15, -0.1) is 0 Å². The van der Waals surface area contributed by atoms with E-state index in [1.165, 1.54) is 13.3 Å². The smallest absolute Gasteiger partial charge is 0.416 e. The van der Waals surface area contributed by atoms with Crippen molar-refractivity contribution in [2.45, 2.75) is 50.6 Å². The summed E-state index contributed by atoms with van der Waals surface area (Å²) >= 11 is 3.26. The minimum Gasteiger partial charge on any atom is -0.481 e. The van der Waals surface area contributed by atoms with Crippen molar-refractivity contribution in [1.29, 1.82) is 0 Å². The van der Waals surface area contributed by atoms with Crippen LogP contribution in [0.5, 0.6) is 5.88 Å². The van der Waals surface area contributed by atoms with Gasteiger partial charge in [-0.25, -0.2) is 15.0 Å². The molecule has 0 spiro atoms. The van der Waals surface area contributed by atoms with E-state index in [-0.39, 0.29) is 41.8 Å². The molecule has 0 aliphatic carbocycles. The number of hydrogen-bond acceptors (Lipinski definition) is 6. The Bertz CT molecular complexity index is 1250. The Kier molecular flexibility index (Phi) is 7.54. The highest BCUT2D eigenvalue weighted by Crippen LogP contribution is 2.38. The zero-order valence-electron chi connectivity index (χ0n) is 19.6. The van der Waals surface area contributed by atoms with Gasteiger partial charge in [-0.1, -0.05) is 6.92 Å². The normalized spacial score (nSPS) is 17.6. The summed E-state index contributed by atoms with van der Waals surface area (Å²) < 4.78 is 85.3. The lowest BCUT2D eigenvalue weighted by Crippen LogP contribution is -2.32. The summed E-state index contributed by atoms with van der Waals surface area (Å²) in [4.78, 5) is 13.2. The molecular formula is C24H22BrF6N5O. The van der Waals surface area contributed by atoms with Crippen LogP contribution in [0, 0.1) is 0 Å². The van der Waals surface area contributed by atoms with Gasteiger partial charge in [0, 0.05) is 24.7 Å². The second-order valence-corrected chi connectivity index (χ2v) is 9.40. The minimum absolute atomic E-state index is 0.103. The van der Waals surface area contributed by atoms with Crippen LogP contribution in [0.2, 0.25) is 0 Å². The molecule has 0 unspecified atom stereocenters. The number of methoxy groups -OCH3 is 1. The van der Waals surface area contributed by atoms with Gasteiger partial charge in [0.05, 0.1) is 45.8 Å². The lowest BCUT2D eigenvalue weighted by atomic mass is 9.95. The van der Waals surface area contributed by atoms with Gasteiger partial charge in [0.15, 0.2) is 0 Å². The first-order valence-corrected chi connectivity index (χ1v) is 12.0. The van der Waals surface area contributed by atoms with E-state index in [1.807, 2.05) is 13.0 Å². The Morgan fingerprint density at radius 1 is 1.05 bits per heavy atom. The number of benzene rings is 1.